The first-order valence-corrected chi connectivity index (χ1v) is 4.50. The Morgan fingerprint density at radius 2 is 2.23 bits per heavy atom. The Labute approximate surface area is 76.7 Å². The summed E-state index contributed by atoms with van der Waals surface area (Å²) >= 11 is 0. The Hall–Kier alpha value is -1.09. The van der Waals surface area contributed by atoms with Crippen LogP contribution >= 0.6 is 0 Å². The number of pyridine rings is 1. The second-order valence-electron chi connectivity index (χ2n) is 3.49. The molecular formula is C10H13NO2. The van der Waals surface area contributed by atoms with Crippen molar-refractivity contribution >= 4 is 0 Å². The lowest BCUT2D eigenvalue weighted by Crippen LogP contribution is -2.24. The zero-order valence-corrected chi connectivity index (χ0v) is 7.89. The molecular weight excluding hydrogens is 166 g/mol. The van der Waals surface area contributed by atoms with Crippen molar-refractivity contribution in [1.82, 2.24) is 4.98 Å². The molecule has 0 radical (unpaired) electrons. The lowest BCUT2D eigenvalue weighted by atomic mass is 10.0. The zero-order valence-electron chi connectivity index (χ0n) is 7.89. The predicted molar refractivity (Wildman–Crippen MR) is 49.8 cm³/mol. The van der Waals surface area contributed by atoms with Crippen LogP contribution in [0.25, 0.3) is 0 Å². The van der Waals surface area contributed by atoms with E-state index < -0.39 is 0 Å². The quantitative estimate of drug-likeness (QED) is 0.709. The van der Waals surface area contributed by atoms with Crippen molar-refractivity contribution in [3.63, 3.8) is 0 Å². The van der Waals surface area contributed by atoms with Crippen LogP contribution in [0.2, 0.25) is 0 Å². The van der Waals surface area contributed by atoms with Crippen molar-refractivity contribution in [3.05, 3.63) is 33.2 Å². The van der Waals surface area contributed by atoms with Crippen LogP contribution in [0.1, 0.15) is 29.3 Å². The van der Waals surface area contributed by atoms with E-state index >= 15 is 0 Å². The summed E-state index contributed by atoms with van der Waals surface area (Å²) in [5.41, 5.74) is 2.64. The topological polar surface area (TPSA) is 42.1 Å². The monoisotopic (exact) mass is 179 g/mol. The van der Waals surface area contributed by atoms with Crippen LogP contribution in [0, 0.1) is 13.8 Å². The smallest absolute Gasteiger partial charge is 0.187 e. The number of ether oxygens (including phenoxy) is 1. The van der Waals surface area contributed by atoms with E-state index in [0.717, 1.165) is 29.8 Å². The molecule has 1 unspecified atom stereocenters. The van der Waals surface area contributed by atoms with Gasteiger partial charge in [0.15, 0.2) is 5.43 Å². The molecule has 0 saturated carbocycles. The van der Waals surface area contributed by atoms with Gasteiger partial charge in [0, 0.05) is 23.7 Å². The van der Waals surface area contributed by atoms with E-state index in [-0.39, 0.29) is 11.5 Å². The van der Waals surface area contributed by atoms with Crippen LogP contribution in [0.4, 0.5) is 0 Å². The van der Waals surface area contributed by atoms with Gasteiger partial charge >= 0.3 is 0 Å². The molecule has 1 aliphatic heterocycles. The summed E-state index contributed by atoms with van der Waals surface area (Å²) < 4.78 is 5.32. The van der Waals surface area contributed by atoms with Crippen LogP contribution < -0.4 is 5.43 Å². The molecule has 0 spiro atoms. The van der Waals surface area contributed by atoms with Gasteiger partial charge in [0.2, 0.25) is 0 Å². The summed E-state index contributed by atoms with van der Waals surface area (Å²) in [5, 5.41) is 0. The summed E-state index contributed by atoms with van der Waals surface area (Å²) in [4.78, 5) is 14.7. The molecule has 70 valence electrons. The van der Waals surface area contributed by atoms with Crippen molar-refractivity contribution in [2.24, 2.45) is 0 Å². The molecule has 0 amide bonds. The van der Waals surface area contributed by atoms with Crippen molar-refractivity contribution in [3.8, 4) is 0 Å². The summed E-state index contributed by atoms with van der Waals surface area (Å²) in [6, 6.07) is 0. The molecule has 3 heteroatoms. The first-order chi connectivity index (χ1) is 6.20. The molecule has 1 saturated heterocycles. The van der Waals surface area contributed by atoms with Gasteiger partial charge in [-0.2, -0.15) is 0 Å². The highest BCUT2D eigenvalue weighted by molar-refractivity contribution is 5.25. The first-order valence-electron chi connectivity index (χ1n) is 4.50. The van der Waals surface area contributed by atoms with Gasteiger partial charge < -0.3 is 9.72 Å². The maximum absolute atomic E-state index is 11.6. The normalized spacial score (nSPS) is 21.2. The van der Waals surface area contributed by atoms with Crippen molar-refractivity contribution in [2.75, 3.05) is 6.61 Å². The number of H-pyrrole nitrogens is 1. The summed E-state index contributed by atoms with van der Waals surface area (Å²) in [5.74, 6) is 0. The Kier molecular flexibility index (Phi) is 1.96. The molecule has 2 rings (SSSR count). The molecule has 0 aromatic carbocycles. The predicted octanol–water partition coefficient (Wildman–Crippen LogP) is 1.45. The van der Waals surface area contributed by atoms with E-state index in [1.807, 2.05) is 13.8 Å². The molecule has 1 atom stereocenters. The van der Waals surface area contributed by atoms with Gasteiger partial charge in [-0.1, -0.05) is 0 Å². The first kappa shape index (κ1) is 8.51. The van der Waals surface area contributed by atoms with E-state index in [1.54, 1.807) is 6.20 Å². The van der Waals surface area contributed by atoms with Gasteiger partial charge in [0.1, 0.15) is 0 Å². The molecule has 1 aromatic heterocycles. The minimum atomic E-state index is 0.119. The van der Waals surface area contributed by atoms with E-state index in [0.29, 0.717) is 0 Å². The van der Waals surface area contributed by atoms with Crippen molar-refractivity contribution in [2.45, 2.75) is 26.4 Å². The summed E-state index contributed by atoms with van der Waals surface area (Å²) in [6.45, 7) is 4.47. The average molecular weight is 179 g/mol. The lowest BCUT2D eigenvalue weighted by Gasteiger charge is -2.27. The molecule has 2 heterocycles. The molecule has 0 bridgehead atoms. The van der Waals surface area contributed by atoms with Crippen LogP contribution in [0.15, 0.2) is 11.0 Å². The minimum Gasteiger partial charge on any atom is -0.372 e. The molecule has 1 aliphatic rings. The number of aromatic nitrogens is 1. The van der Waals surface area contributed by atoms with Crippen LogP contribution in [0.3, 0.4) is 0 Å². The Balaban J connectivity index is 2.47. The van der Waals surface area contributed by atoms with Gasteiger partial charge in [-0.3, -0.25) is 4.79 Å². The van der Waals surface area contributed by atoms with Gasteiger partial charge in [0.25, 0.3) is 0 Å². The van der Waals surface area contributed by atoms with Crippen LogP contribution in [-0.2, 0) is 4.74 Å². The van der Waals surface area contributed by atoms with E-state index in [1.165, 1.54) is 0 Å². The van der Waals surface area contributed by atoms with E-state index in [9.17, 15) is 4.79 Å². The number of nitrogens with one attached hydrogen (secondary N) is 1. The van der Waals surface area contributed by atoms with E-state index in [4.69, 9.17) is 4.74 Å². The fraction of sp³-hybridized carbons (Fsp3) is 0.500. The number of aryl methyl sites for hydroxylation is 1. The molecule has 13 heavy (non-hydrogen) atoms. The molecule has 3 nitrogen and oxygen atoms in total. The average Bonchev–Trinajstić information content (AvgIpc) is 2.03. The second kappa shape index (κ2) is 3.00. The highest BCUT2D eigenvalue weighted by Gasteiger charge is 2.23. The molecule has 0 aliphatic carbocycles. The third-order valence-electron chi connectivity index (χ3n) is 2.57. The van der Waals surface area contributed by atoms with Crippen LogP contribution in [-0.4, -0.2) is 11.6 Å². The Morgan fingerprint density at radius 1 is 1.54 bits per heavy atom. The maximum atomic E-state index is 11.6. The number of rotatable bonds is 1. The maximum Gasteiger partial charge on any atom is 0.187 e. The standard InChI is InChI=1S/C10H13NO2/c1-6-5-11-9(7(2)10(6)12)8-3-4-13-8/h5,8H,3-4H2,1-2H3,(H,11,12). The van der Waals surface area contributed by atoms with Gasteiger partial charge in [-0.25, -0.2) is 0 Å². The fourth-order valence-electron chi connectivity index (χ4n) is 1.58. The summed E-state index contributed by atoms with van der Waals surface area (Å²) in [7, 11) is 0. The molecule has 1 aromatic rings. The minimum absolute atomic E-state index is 0.119. The third kappa shape index (κ3) is 1.29. The lowest BCUT2D eigenvalue weighted by molar-refractivity contribution is -0.0556. The number of aromatic amines is 1. The number of hydrogen-bond donors (Lipinski definition) is 1. The second-order valence-corrected chi connectivity index (χ2v) is 3.49. The highest BCUT2D eigenvalue weighted by atomic mass is 16.5. The van der Waals surface area contributed by atoms with E-state index in [2.05, 4.69) is 4.98 Å². The van der Waals surface area contributed by atoms with Gasteiger partial charge in [-0.15, -0.1) is 0 Å². The number of hydrogen-bond acceptors (Lipinski definition) is 2. The zero-order chi connectivity index (χ0) is 9.42. The van der Waals surface area contributed by atoms with Crippen molar-refractivity contribution in [1.29, 1.82) is 0 Å². The summed E-state index contributed by atoms with van der Waals surface area (Å²) in [6.07, 6.45) is 2.89. The largest absolute Gasteiger partial charge is 0.372 e. The highest BCUT2D eigenvalue weighted by Crippen LogP contribution is 2.28. The van der Waals surface area contributed by atoms with Gasteiger partial charge in [0.05, 0.1) is 18.4 Å². The third-order valence-corrected chi connectivity index (χ3v) is 2.57. The van der Waals surface area contributed by atoms with Crippen LogP contribution in [0.5, 0.6) is 0 Å². The Morgan fingerprint density at radius 3 is 2.77 bits per heavy atom. The molecule has 1 N–H and O–H groups in total. The molecule has 1 fully saturated rings. The fourth-order valence-corrected chi connectivity index (χ4v) is 1.58. The SMILES string of the molecule is Cc1c[nH]c(C2CCO2)c(C)c1=O. The van der Waals surface area contributed by atoms with Gasteiger partial charge in [-0.05, 0) is 13.8 Å². The Bertz CT molecular complexity index is 377. The van der Waals surface area contributed by atoms with Crippen molar-refractivity contribution < 1.29 is 4.74 Å².